The van der Waals surface area contributed by atoms with E-state index >= 15 is 0 Å². The van der Waals surface area contributed by atoms with Gasteiger partial charge in [-0.15, -0.1) is 0 Å². The first kappa shape index (κ1) is 17.3. The Balaban J connectivity index is 1.50. The Morgan fingerprint density at radius 1 is 1.15 bits per heavy atom. The highest BCUT2D eigenvalue weighted by Crippen LogP contribution is 2.32. The van der Waals surface area contributed by atoms with Gasteiger partial charge in [0.05, 0.1) is 30.4 Å². The fourth-order valence-corrected chi connectivity index (χ4v) is 4.18. The molecule has 3 aliphatic heterocycles. The molecule has 7 nitrogen and oxygen atoms in total. The van der Waals surface area contributed by atoms with E-state index in [2.05, 4.69) is 22.1 Å². The van der Waals surface area contributed by atoms with Crippen LogP contribution in [0.1, 0.15) is 48.2 Å². The number of nitrogens with zero attached hydrogens (tertiary/aromatic N) is 4. The summed E-state index contributed by atoms with van der Waals surface area (Å²) in [4.78, 5) is 17.4. The molecule has 0 aromatic carbocycles. The topological polar surface area (TPSA) is 75.6 Å². The maximum Gasteiger partial charge on any atom is 0.227 e. The van der Waals surface area contributed by atoms with Crippen LogP contribution in [0.15, 0.2) is 15.1 Å². The summed E-state index contributed by atoms with van der Waals surface area (Å²) in [7, 11) is 0. The molecule has 2 aromatic rings. The fraction of sp³-hybridized carbons (Fsp3) is 0.632. The number of carbonyl (C=O) groups excluding carboxylic acids is 1. The van der Waals surface area contributed by atoms with Crippen molar-refractivity contribution in [3.8, 4) is 0 Å². The van der Waals surface area contributed by atoms with Crippen molar-refractivity contribution in [3.05, 3.63) is 34.5 Å². The van der Waals surface area contributed by atoms with E-state index in [1.165, 1.54) is 0 Å². The number of aryl methyl sites for hydroxylation is 3. The van der Waals surface area contributed by atoms with Crippen molar-refractivity contribution in [1.29, 1.82) is 0 Å². The highest BCUT2D eigenvalue weighted by Gasteiger charge is 2.41. The second-order valence-electron chi connectivity index (χ2n) is 7.53. The van der Waals surface area contributed by atoms with E-state index in [9.17, 15) is 4.79 Å². The summed E-state index contributed by atoms with van der Waals surface area (Å²) in [6.45, 7) is 8.89. The van der Waals surface area contributed by atoms with Gasteiger partial charge in [0.2, 0.25) is 5.91 Å². The van der Waals surface area contributed by atoms with Gasteiger partial charge in [-0.25, -0.2) is 0 Å². The molecule has 2 bridgehead atoms. The van der Waals surface area contributed by atoms with Crippen molar-refractivity contribution in [2.24, 2.45) is 5.92 Å². The monoisotopic (exact) mass is 358 g/mol. The van der Waals surface area contributed by atoms with Gasteiger partial charge in [-0.2, -0.15) is 0 Å². The average molecular weight is 358 g/mol. The Morgan fingerprint density at radius 3 is 2.69 bits per heavy atom. The van der Waals surface area contributed by atoms with Crippen LogP contribution in [0.5, 0.6) is 0 Å². The summed E-state index contributed by atoms with van der Waals surface area (Å²) in [6, 6.07) is 2.25. The molecule has 0 aliphatic carbocycles. The zero-order chi connectivity index (χ0) is 18.3. The molecule has 0 N–H and O–H groups in total. The Bertz CT molecular complexity index is 777. The number of hydrogen-bond donors (Lipinski definition) is 0. The smallest absolute Gasteiger partial charge is 0.227 e. The van der Waals surface area contributed by atoms with Crippen LogP contribution in [0.2, 0.25) is 0 Å². The summed E-state index contributed by atoms with van der Waals surface area (Å²) in [5.41, 5.74) is 2.90. The van der Waals surface area contributed by atoms with E-state index in [1.807, 2.05) is 24.8 Å². The lowest BCUT2D eigenvalue weighted by molar-refractivity contribution is -0.140. The highest BCUT2D eigenvalue weighted by molar-refractivity contribution is 5.80. The molecular formula is C19H26N4O3. The Kier molecular flexibility index (Phi) is 4.56. The number of carbonyl (C=O) groups is 1. The van der Waals surface area contributed by atoms with Crippen molar-refractivity contribution < 1.29 is 13.8 Å². The number of hydrogen-bond acceptors (Lipinski definition) is 6. The van der Waals surface area contributed by atoms with Gasteiger partial charge in [-0.05, 0) is 33.1 Å². The molecule has 140 valence electrons. The maximum atomic E-state index is 13.0. The highest BCUT2D eigenvalue weighted by atomic mass is 16.5. The van der Waals surface area contributed by atoms with E-state index < -0.39 is 0 Å². The quantitative estimate of drug-likeness (QED) is 0.817. The van der Waals surface area contributed by atoms with Gasteiger partial charge >= 0.3 is 0 Å². The van der Waals surface area contributed by atoms with Gasteiger partial charge in [0.15, 0.2) is 5.76 Å². The Morgan fingerprint density at radius 2 is 2.00 bits per heavy atom. The molecule has 0 spiro atoms. The molecule has 3 aliphatic rings. The van der Waals surface area contributed by atoms with Crippen LogP contribution < -0.4 is 0 Å². The molecule has 0 unspecified atom stereocenters. The molecule has 2 atom stereocenters. The van der Waals surface area contributed by atoms with Crippen LogP contribution in [0.3, 0.4) is 0 Å². The molecule has 0 radical (unpaired) electrons. The van der Waals surface area contributed by atoms with Crippen LogP contribution in [0, 0.1) is 19.8 Å². The predicted molar refractivity (Wildman–Crippen MR) is 94.2 cm³/mol. The second-order valence-corrected chi connectivity index (χ2v) is 7.53. The van der Waals surface area contributed by atoms with Crippen LogP contribution in [-0.4, -0.2) is 45.2 Å². The molecule has 2 aromatic heterocycles. The van der Waals surface area contributed by atoms with E-state index in [4.69, 9.17) is 9.05 Å². The van der Waals surface area contributed by atoms with Gasteiger partial charge in [0.1, 0.15) is 5.76 Å². The van der Waals surface area contributed by atoms with Crippen LogP contribution in [0.4, 0.5) is 0 Å². The molecule has 26 heavy (non-hydrogen) atoms. The predicted octanol–water partition coefficient (Wildman–Crippen LogP) is 2.46. The third-order valence-corrected chi connectivity index (χ3v) is 5.73. The van der Waals surface area contributed by atoms with Crippen molar-refractivity contribution in [2.75, 3.05) is 13.1 Å². The lowest BCUT2D eigenvalue weighted by Gasteiger charge is -2.36. The maximum absolute atomic E-state index is 13.0. The summed E-state index contributed by atoms with van der Waals surface area (Å²) < 4.78 is 10.7. The summed E-state index contributed by atoms with van der Waals surface area (Å²) >= 11 is 0. The third-order valence-electron chi connectivity index (χ3n) is 5.73. The molecule has 5 heterocycles. The van der Waals surface area contributed by atoms with E-state index in [1.54, 1.807) is 0 Å². The number of fused-ring (bicyclic) bond motifs is 4. The van der Waals surface area contributed by atoms with Gasteiger partial charge in [-0.3, -0.25) is 9.69 Å². The van der Waals surface area contributed by atoms with E-state index in [0.29, 0.717) is 13.1 Å². The van der Waals surface area contributed by atoms with Gasteiger partial charge in [0.25, 0.3) is 0 Å². The fourth-order valence-electron chi connectivity index (χ4n) is 4.18. The molecule has 0 saturated carbocycles. The standard InChI is InChI=1S/C19H26N4O3/c1-4-15-7-17(26-21-15)10-22-8-14-5-6-16(9-22)23(19(14)24)11-18-12(2)20-25-13(18)3/h7,14,16H,4-6,8-11H2,1-3H3/t14-,16+/m1/s1. The summed E-state index contributed by atoms with van der Waals surface area (Å²) in [6.07, 6.45) is 2.89. The zero-order valence-electron chi connectivity index (χ0n) is 15.7. The van der Waals surface area contributed by atoms with Crippen LogP contribution in [-0.2, 0) is 24.3 Å². The first-order valence-electron chi connectivity index (χ1n) is 9.44. The van der Waals surface area contributed by atoms with Crippen LogP contribution >= 0.6 is 0 Å². The molecule has 5 rings (SSSR count). The molecule has 1 amide bonds. The Hall–Kier alpha value is -2.15. The molecule has 3 saturated heterocycles. The largest absolute Gasteiger partial charge is 0.361 e. The normalized spacial score (nSPS) is 23.7. The van der Waals surface area contributed by atoms with Gasteiger partial charge in [-0.1, -0.05) is 17.2 Å². The van der Waals surface area contributed by atoms with Crippen molar-refractivity contribution in [3.63, 3.8) is 0 Å². The van der Waals surface area contributed by atoms with Gasteiger partial charge in [0, 0.05) is 30.8 Å². The summed E-state index contributed by atoms with van der Waals surface area (Å²) in [5.74, 6) is 2.01. The lowest BCUT2D eigenvalue weighted by Crippen LogP contribution is -2.47. The number of amides is 1. The number of rotatable bonds is 5. The van der Waals surface area contributed by atoms with Crippen molar-refractivity contribution in [1.82, 2.24) is 20.1 Å². The van der Waals surface area contributed by atoms with Crippen molar-refractivity contribution in [2.45, 2.75) is 59.2 Å². The van der Waals surface area contributed by atoms with E-state index in [-0.39, 0.29) is 17.9 Å². The molecule has 7 heteroatoms. The Labute approximate surface area is 153 Å². The minimum Gasteiger partial charge on any atom is -0.361 e. The number of piperidine rings is 1. The van der Waals surface area contributed by atoms with Crippen LogP contribution in [0.25, 0.3) is 0 Å². The minimum atomic E-state index is 0.0581. The molecular weight excluding hydrogens is 332 g/mol. The first-order chi connectivity index (χ1) is 12.5. The first-order valence-corrected chi connectivity index (χ1v) is 9.44. The van der Waals surface area contributed by atoms with Gasteiger partial charge < -0.3 is 13.9 Å². The zero-order valence-corrected chi connectivity index (χ0v) is 15.7. The SMILES string of the molecule is CCc1cc(CN2C[C@H]3CC[C@@H](C2)N(Cc2c(C)noc2C)C3=O)on1. The third kappa shape index (κ3) is 3.16. The molecule has 3 fully saturated rings. The van der Waals surface area contributed by atoms with Crippen molar-refractivity contribution >= 4 is 5.91 Å². The minimum absolute atomic E-state index is 0.0581. The number of aromatic nitrogens is 2. The average Bonchev–Trinajstić information content (AvgIpc) is 3.10. The van der Waals surface area contributed by atoms with E-state index in [0.717, 1.165) is 60.8 Å². The second kappa shape index (κ2) is 6.87. The lowest BCUT2D eigenvalue weighted by atomic mass is 9.93. The summed E-state index contributed by atoms with van der Waals surface area (Å²) in [5, 5.41) is 8.11.